The van der Waals surface area contributed by atoms with Crippen LogP contribution >= 0.6 is 24.0 Å². The highest BCUT2D eigenvalue weighted by molar-refractivity contribution is 14.0. The number of carbonyl (C=O) groups excluding carboxylic acids is 2. The molecular weight excluding hydrogens is 529 g/mol. The van der Waals surface area contributed by atoms with Gasteiger partial charge in [-0.1, -0.05) is 36.4 Å². The standard InChI is InChI=1S/C25H33N5O2.HI/c1-26-25(27-14-13-19-6-4-7-22(16-19)24(32)29(2)3)28-17-20-9-11-21(12-10-20)18-30-15-5-8-23(30)31;/h4,6-7,9-12,16H,5,8,13-15,17-18H2,1-3H3,(H2,26,27,28);1H. The number of hydrogen-bond acceptors (Lipinski definition) is 3. The second kappa shape index (κ2) is 13.2. The van der Waals surface area contributed by atoms with E-state index in [1.807, 2.05) is 29.2 Å². The van der Waals surface area contributed by atoms with Crippen LogP contribution in [0.15, 0.2) is 53.5 Å². The van der Waals surface area contributed by atoms with Gasteiger partial charge in [0.15, 0.2) is 5.96 Å². The average Bonchev–Trinajstić information content (AvgIpc) is 3.21. The Morgan fingerprint density at radius 1 is 1.06 bits per heavy atom. The monoisotopic (exact) mass is 563 g/mol. The quantitative estimate of drug-likeness (QED) is 0.294. The fourth-order valence-electron chi connectivity index (χ4n) is 3.70. The van der Waals surface area contributed by atoms with Crippen molar-refractivity contribution in [3.8, 4) is 0 Å². The van der Waals surface area contributed by atoms with E-state index < -0.39 is 0 Å². The number of hydrogen-bond donors (Lipinski definition) is 2. The number of guanidine groups is 1. The number of likely N-dealkylation sites (tertiary alicyclic amines) is 1. The molecule has 2 aromatic carbocycles. The van der Waals surface area contributed by atoms with Crippen molar-refractivity contribution in [2.75, 3.05) is 34.2 Å². The summed E-state index contributed by atoms with van der Waals surface area (Å²) < 4.78 is 0. The Hall–Kier alpha value is -2.62. The van der Waals surface area contributed by atoms with Gasteiger partial charge in [0.1, 0.15) is 0 Å². The fourth-order valence-corrected chi connectivity index (χ4v) is 3.70. The van der Waals surface area contributed by atoms with E-state index in [0.717, 1.165) is 42.0 Å². The minimum absolute atomic E-state index is 0. The van der Waals surface area contributed by atoms with Gasteiger partial charge in [-0.2, -0.15) is 0 Å². The molecule has 1 saturated heterocycles. The first-order chi connectivity index (χ1) is 15.5. The van der Waals surface area contributed by atoms with E-state index in [9.17, 15) is 9.59 Å². The molecule has 0 spiro atoms. The molecule has 1 fully saturated rings. The van der Waals surface area contributed by atoms with Crippen molar-refractivity contribution in [2.24, 2.45) is 4.99 Å². The van der Waals surface area contributed by atoms with E-state index in [0.29, 0.717) is 31.6 Å². The van der Waals surface area contributed by atoms with Crippen molar-refractivity contribution in [2.45, 2.75) is 32.4 Å². The molecule has 1 aliphatic heterocycles. The first-order valence-corrected chi connectivity index (χ1v) is 11.1. The molecule has 0 radical (unpaired) electrons. The number of aliphatic imine (C=N–C) groups is 1. The SMILES string of the molecule is CN=C(NCCc1cccc(C(=O)N(C)C)c1)NCc1ccc(CN2CCCC2=O)cc1.I. The molecule has 0 atom stereocenters. The lowest BCUT2D eigenvalue weighted by atomic mass is 10.1. The fraction of sp³-hybridized carbons (Fsp3) is 0.400. The highest BCUT2D eigenvalue weighted by Gasteiger charge is 2.19. The van der Waals surface area contributed by atoms with E-state index in [-0.39, 0.29) is 35.8 Å². The number of benzene rings is 2. The summed E-state index contributed by atoms with van der Waals surface area (Å²) in [4.78, 5) is 31.7. The summed E-state index contributed by atoms with van der Waals surface area (Å²) in [6.07, 6.45) is 2.43. The van der Waals surface area contributed by atoms with Crippen molar-refractivity contribution in [1.82, 2.24) is 20.4 Å². The van der Waals surface area contributed by atoms with Crippen LogP contribution in [0.1, 0.15) is 39.9 Å². The van der Waals surface area contributed by atoms with Gasteiger partial charge in [-0.25, -0.2) is 0 Å². The van der Waals surface area contributed by atoms with Gasteiger partial charge in [0.05, 0.1) is 0 Å². The van der Waals surface area contributed by atoms with Gasteiger partial charge >= 0.3 is 0 Å². The highest BCUT2D eigenvalue weighted by atomic mass is 127. The lowest BCUT2D eigenvalue weighted by Crippen LogP contribution is -2.37. The van der Waals surface area contributed by atoms with Gasteiger partial charge < -0.3 is 20.4 Å². The topological polar surface area (TPSA) is 77.0 Å². The van der Waals surface area contributed by atoms with Gasteiger partial charge in [0, 0.05) is 59.3 Å². The van der Waals surface area contributed by atoms with Gasteiger partial charge in [-0.3, -0.25) is 14.6 Å². The summed E-state index contributed by atoms with van der Waals surface area (Å²) >= 11 is 0. The zero-order chi connectivity index (χ0) is 22.9. The first-order valence-electron chi connectivity index (χ1n) is 11.1. The molecular formula is C25H34IN5O2. The smallest absolute Gasteiger partial charge is 0.253 e. The van der Waals surface area contributed by atoms with E-state index >= 15 is 0 Å². The van der Waals surface area contributed by atoms with Crippen LogP contribution in [-0.4, -0.2) is 61.8 Å². The first kappa shape index (κ1) is 26.6. The predicted molar refractivity (Wildman–Crippen MR) is 143 cm³/mol. The molecule has 1 aliphatic rings. The Morgan fingerprint density at radius 3 is 2.42 bits per heavy atom. The molecule has 0 unspecified atom stereocenters. The molecule has 0 aliphatic carbocycles. The minimum atomic E-state index is 0. The maximum Gasteiger partial charge on any atom is 0.253 e. The Balaban J connectivity index is 0.00000385. The lowest BCUT2D eigenvalue weighted by molar-refractivity contribution is -0.128. The van der Waals surface area contributed by atoms with Crippen molar-refractivity contribution in [1.29, 1.82) is 0 Å². The van der Waals surface area contributed by atoms with Crippen LogP contribution in [-0.2, 0) is 24.3 Å². The molecule has 0 bridgehead atoms. The van der Waals surface area contributed by atoms with Crippen LogP contribution in [0.25, 0.3) is 0 Å². The summed E-state index contributed by atoms with van der Waals surface area (Å²) in [6.45, 7) is 2.93. The van der Waals surface area contributed by atoms with Crippen LogP contribution in [0.2, 0.25) is 0 Å². The third kappa shape index (κ3) is 8.03. The summed E-state index contributed by atoms with van der Waals surface area (Å²) in [5, 5.41) is 6.65. The van der Waals surface area contributed by atoms with Crippen molar-refractivity contribution in [3.63, 3.8) is 0 Å². The van der Waals surface area contributed by atoms with E-state index in [2.05, 4.69) is 39.9 Å². The molecule has 2 amide bonds. The van der Waals surface area contributed by atoms with E-state index in [1.54, 1.807) is 26.0 Å². The second-order valence-electron chi connectivity index (χ2n) is 8.24. The maximum atomic E-state index is 12.1. The zero-order valence-electron chi connectivity index (χ0n) is 19.6. The number of nitrogens with zero attached hydrogens (tertiary/aromatic N) is 3. The molecule has 2 N–H and O–H groups in total. The Bertz CT molecular complexity index is 960. The zero-order valence-corrected chi connectivity index (χ0v) is 22.0. The van der Waals surface area contributed by atoms with Crippen molar-refractivity contribution >= 4 is 41.8 Å². The molecule has 8 heteroatoms. The number of halogens is 1. The van der Waals surface area contributed by atoms with E-state index in [4.69, 9.17) is 0 Å². The van der Waals surface area contributed by atoms with Crippen LogP contribution < -0.4 is 10.6 Å². The van der Waals surface area contributed by atoms with Crippen molar-refractivity contribution in [3.05, 3.63) is 70.8 Å². The van der Waals surface area contributed by atoms with E-state index in [1.165, 1.54) is 0 Å². The Morgan fingerprint density at radius 2 is 1.79 bits per heavy atom. The largest absolute Gasteiger partial charge is 0.356 e. The number of amides is 2. The Kier molecular flexibility index (Phi) is 10.6. The second-order valence-corrected chi connectivity index (χ2v) is 8.24. The van der Waals surface area contributed by atoms with Gasteiger partial charge in [-0.05, 0) is 41.7 Å². The van der Waals surface area contributed by atoms with Crippen LogP contribution in [0.3, 0.4) is 0 Å². The molecule has 7 nitrogen and oxygen atoms in total. The maximum absolute atomic E-state index is 12.1. The number of carbonyl (C=O) groups is 2. The number of rotatable bonds is 8. The molecule has 178 valence electrons. The summed E-state index contributed by atoms with van der Waals surface area (Å²) in [5.41, 5.74) is 4.11. The van der Waals surface area contributed by atoms with Gasteiger partial charge in [0.25, 0.3) is 5.91 Å². The van der Waals surface area contributed by atoms with Gasteiger partial charge in [-0.15, -0.1) is 24.0 Å². The molecule has 3 rings (SSSR count). The molecule has 2 aromatic rings. The lowest BCUT2D eigenvalue weighted by Gasteiger charge is -2.16. The highest BCUT2D eigenvalue weighted by Crippen LogP contribution is 2.14. The predicted octanol–water partition coefficient (Wildman–Crippen LogP) is 3.04. The average molecular weight is 563 g/mol. The third-order valence-electron chi connectivity index (χ3n) is 5.54. The van der Waals surface area contributed by atoms with Crippen molar-refractivity contribution < 1.29 is 9.59 Å². The normalized spacial score (nSPS) is 13.5. The third-order valence-corrected chi connectivity index (χ3v) is 5.54. The van der Waals surface area contributed by atoms with Crippen LogP contribution in [0.5, 0.6) is 0 Å². The Labute approximate surface area is 213 Å². The summed E-state index contributed by atoms with van der Waals surface area (Å²) in [6, 6.07) is 16.1. The van der Waals surface area contributed by atoms with Crippen LogP contribution in [0, 0.1) is 0 Å². The minimum Gasteiger partial charge on any atom is -0.356 e. The molecule has 33 heavy (non-hydrogen) atoms. The molecule has 1 heterocycles. The molecule has 0 saturated carbocycles. The summed E-state index contributed by atoms with van der Waals surface area (Å²) in [5.74, 6) is 0.995. The molecule has 0 aromatic heterocycles. The van der Waals surface area contributed by atoms with Gasteiger partial charge in [0.2, 0.25) is 5.91 Å². The summed E-state index contributed by atoms with van der Waals surface area (Å²) in [7, 11) is 5.27. The van der Waals surface area contributed by atoms with Crippen LogP contribution in [0.4, 0.5) is 0 Å². The number of nitrogens with one attached hydrogen (secondary N) is 2.